The molecule has 372 valence electrons. The fourth-order valence-corrected chi connectivity index (χ4v) is 10.8. The molecule has 0 spiro atoms. The van der Waals surface area contributed by atoms with Crippen LogP contribution in [0.25, 0.3) is 95.0 Å². The second-order valence-corrected chi connectivity index (χ2v) is 23.6. The van der Waals surface area contributed by atoms with E-state index in [0.29, 0.717) is 11.4 Å². The molecule has 1 aliphatic carbocycles. The zero-order chi connectivity index (χ0) is 51.2. The van der Waals surface area contributed by atoms with Crippen LogP contribution >= 0.6 is 0 Å². The van der Waals surface area contributed by atoms with Gasteiger partial charge in [-0.2, -0.15) is 0 Å². The fourth-order valence-electron chi connectivity index (χ4n) is 10.8. The van der Waals surface area contributed by atoms with Crippen LogP contribution in [0.2, 0.25) is 0 Å². The first-order valence-electron chi connectivity index (χ1n) is 25.7. The number of aromatic hydroxyl groups is 1. The van der Waals surface area contributed by atoms with Gasteiger partial charge in [0.05, 0.1) is 22.3 Å². The van der Waals surface area contributed by atoms with Gasteiger partial charge in [-0.3, -0.25) is 9.55 Å². The maximum Gasteiger partial charge on any atom is 0.148 e. The molecule has 0 saturated carbocycles. The van der Waals surface area contributed by atoms with Gasteiger partial charge in [0.15, 0.2) is 0 Å². The molecule has 0 amide bonds. The number of rotatable bonds is 7. The molecule has 0 unspecified atom stereocenters. The van der Waals surface area contributed by atoms with Crippen molar-refractivity contribution >= 4 is 11.0 Å². The van der Waals surface area contributed by atoms with E-state index >= 15 is 0 Å². The number of nitrogens with zero attached hydrogens (tertiary/aromatic N) is 3. The Labute approximate surface area is 452 Å². The largest absolute Gasteiger partial charge is 0.507 e. The van der Waals surface area contributed by atoms with Gasteiger partial charge in [-0.1, -0.05) is 226 Å². The standard InChI is InChI=1S/C69H64N3O.Pt/c1-66(2,3)50-31-33-61(54(38-50)45-26-19-14-20-27-45)72-62-29-21-28-52(63(62)71-65(72)56-39-51(67(4,5)6)40-58(64(56)73)68(7,8)9)48-34-47(44-24-17-13-18-25-44)35-49(36-48)60-41-55-53-32-30-46(43-22-15-12-16-23-43)37-57(53)69(10,11)59(55)42-70-60;/h12-35,37-42,73H,1-11H3;/q-1;. The van der Waals surface area contributed by atoms with E-state index in [1.807, 2.05) is 0 Å². The van der Waals surface area contributed by atoms with Crippen LogP contribution in [0.1, 0.15) is 104 Å². The van der Waals surface area contributed by atoms with Crippen molar-refractivity contribution in [1.29, 1.82) is 0 Å². The number of fused-ring (bicyclic) bond motifs is 4. The molecule has 0 radical (unpaired) electrons. The van der Waals surface area contributed by atoms with E-state index in [0.717, 1.165) is 72.5 Å². The summed E-state index contributed by atoms with van der Waals surface area (Å²) in [5, 5.41) is 12.7. The van der Waals surface area contributed by atoms with Gasteiger partial charge in [0.1, 0.15) is 11.6 Å². The SMILES string of the molecule is CC(C)(C)c1ccc(-n2c(-c3cc(C(C)(C)C)cc(C(C)(C)C)c3O)nc3c(-c4[c-]c(-c5cc6c(cn5)C(C)(C)c5cc(-c7ccccc7)ccc5-6)cc(-c5ccccc5)c4)cccc32)c(-c2ccccc2)c1.[Pt]. The summed E-state index contributed by atoms with van der Waals surface area (Å²) in [6, 6.07) is 67.1. The summed E-state index contributed by atoms with van der Waals surface area (Å²) >= 11 is 0. The average molecular weight is 1150 g/mol. The van der Waals surface area contributed by atoms with Gasteiger partial charge in [-0.15, -0.1) is 23.8 Å². The minimum absolute atomic E-state index is 0. The molecule has 2 heterocycles. The Bertz CT molecular complexity index is 3750. The summed E-state index contributed by atoms with van der Waals surface area (Å²) in [5.41, 5.74) is 21.2. The number of hydrogen-bond donors (Lipinski definition) is 1. The van der Waals surface area contributed by atoms with Gasteiger partial charge in [-0.25, -0.2) is 4.98 Å². The van der Waals surface area contributed by atoms with Gasteiger partial charge >= 0.3 is 0 Å². The number of benzene rings is 8. The zero-order valence-corrected chi connectivity index (χ0v) is 46.7. The first kappa shape index (κ1) is 50.4. The van der Waals surface area contributed by atoms with Crippen LogP contribution in [0.15, 0.2) is 182 Å². The zero-order valence-electron chi connectivity index (χ0n) is 44.4. The van der Waals surface area contributed by atoms with Crippen LogP contribution in [0.3, 0.4) is 0 Å². The molecule has 4 nitrogen and oxygen atoms in total. The fraction of sp³-hybridized carbons (Fsp3) is 0.217. The van der Waals surface area contributed by atoms with Gasteiger partial charge in [0.25, 0.3) is 0 Å². The minimum Gasteiger partial charge on any atom is -0.507 e. The molecular weight excluding hydrogens is 1080 g/mol. The third kappa shape index (κ3) is 8.96. The Hall–Kier alpha value is -7.13. The number of hydrogen-bond acceptors (Lipinski definition) is 3. The normalized spacial score (nSPS) is 13.1. The van der Waals surface area contributed by atoms with E-state index in [9.17, 15) is 5.11 Å². The number of para-hydroxylation sites is 1. The number of imidazole rings is 1. The maximum atomic E-state index is 12.7. The summed E-state index contributed by atoms with van der Waals surface area (Å²) in [6.45, 7) is 24.6. The molecule has 11 rings (SSSR count). The van der Waals surface area contributed by atoms with Crippen LogP contribution in [0.4, 0.5) is 0 Å². The molecule has 1 N–H and O–H groups in total. The van der Waals surface area contributed by atoms with Crippen LogP contribution in [-0.2, 0) is 42.7 Å². The Kier molecular flexibility index (Phi) is 12.7. The van der Waals surface area contributed by atoms with Crippen molar-refractivity contribution in [1.82, 2.24) is 14.5 Å². The predicted octanol–water partition coefficient (Wildman–Crippen LogP) is 18.1. The molecule has 10 aromatic rings. The van der Waals surface area contributed by atoms with Crippen molar-refractivity contribution in [2.75, 3.05) is 0 Å². The molecule has 0 bridgehead atoms. The second kappa shape index (κ2) is 18.7. The van der Waals surface area contributed by atoms with E-state index < -0.39 is 0 Å². The number of phenolic OH excluding ortho intramolecular Hbond substituents is 1. The third-order valence-corrected chi connectivity index (χ3v) is 15.1. The van der Waals surface area contributed by atoms with E-state index in [2.05, 4.69) is 269 Å². The summed E-state index contributed by atoms with van der Waals surface area (Å²) in [5.74, 6) is 0.920. The van der Waals surface area contributed by atoms with Gasteiger partial charge < -0.3 is 5.11 Å². The van der Waals surface area contributed by atoms with Gasteiger partial charge in [0, 0.05) is 49.5 Å². The van der Waals surface area contributed by atoms with Gasteiger partial charge in [0.2, 0.25) is 0 Å². The molecule has 1 aliphatic rings. The quantitative estimate of drug-likeness (QED) is 0.162. The molecule has 5 heteroatoms. The molecule has 2 aromatic heterocycles. The summed E-state index contributed by atoms with van der Waals surface area (Å²) < 4.78 is 2.29. The Morgan fingerprint density at radius 2 is 1.08 bits per heavy atom. The van der Waals surface area contributed by atoms with Crippen molar-refractivity contribution in [3.05, 3.63) is 216 Å². The van der Waals surface area contributed by atoms with Crippen LogP contribution in [0, 0.1) is 6.07 Å². The van der Waals surface area contributed by atoms with Crippen molar-refractivity contribution in [2.24, 2.45) is 0 Å². The van der Waals surface area contributed by atoms with Crippen LogP contribution in [0.5, 0.6) is 5.75 Å². The molecule has 74 heavy (non-hydrogen) atoms. The van der Waals surface area contributed by atoms with Crippen molar-refractivity contribution in [3.8, 4) is 89.7 Å². The summed E-state index contributed by atoms with van der Waals surface area (Å²) in [6.07, 6.45) is 2.09. The van der Waals surface area contributed by atoms with Crippen LogP contribution < -0.4 is 0 Å². The number of aromatic nitrogens is 3. The molecule has 0 atom stereocenters. The summed E-state index contributed by atoms with van der Waals surface area (Å²) in [7, 11) is 0. The average Bonchev–Trinajstić information content (AvgIpc) is 3.89. The minimum atomic E-state index is -0.344. The first-order chi connectivity index (χ1) is 34.8. The summed E-state index contributed by atoms with van der Waals surface area (Å²) in [4.78, 5) is 11.0. The molecule has 8 aromatic carbocycles. The van der Waals surface area contributed by atoms with E-state index in [-0.39, 0.29) is 48.5 Å². The van der Waals surface area contributed by atoms with Crippen molar-refractivity contribution < 1.29 is 26.2 Å². The third-order valence-electron chi connectivity index (χ3n) is 15.1. The first-order valence-corrected chi connectivity index (χ1v) is 25.7. The van der Waals surface area contributed by atoms with Crippen LogP contribution in [-0.4, -0.2) is 19.6 Å². The number of pyridine rings is 1. The molecule has 0 saturated heterocycles. The smallest absolute Gasteiger partial charge is 0.148 e. The van der Waals surface area contributed by atoms with Gasteiger partial charge in [-0.05, 0) is 102 Å². The topological polar surface area (TPSA) is 50.9 Å². The van der Waals surface area contributed by atoms with E-state index in [4.69, 9.17) is 9.97 Å². The Morgan fingerprint density at radius 1 is 0.473 bits per heavy atom. The van der Waals surface area contributed by atoms with Crippen molar-refractivity contribution in [2.45, 2.75) is 97.8 Å². The van der Waals surface area contributed by atoms with E-state index in [1.165, 1.54) is 38.9 Å². The molecule has 0 fully saturated rings. The molecule has 0 aliphatic heterocycles. The molecular formula is C69H64N3OPt-. The number of phenols is 1. The monoisotopic (exact) mass is 1150 g/mol. The second-order valence-electron chi connectivity index (χ2n) is 23.6. The Morgan fingerprint density at radius 3 is 1.72 bits per heavy atom. The predicted molar refractivity (Wildman–Crippen MR) is 306 cm³/mol. The van der Waals surface area contributed by atoms with Crippen molar-refractivity contribution in [3.63, 3.8) is 0 Å². The van der Waals surface area contributed by atoms with E-state index in [1.54, 1.807) is 0 Å². The Balaban J connectivity index is 0.00000626. The maximum absolute atomic E-state index is 12.7.